The van der Waals surface area contributed by atoms with Gasteiger partial charge < -0.3 is 9.90 Å². The van der Waals surface area contributed by atoms with Crippen LogP contribution in [0.3, 0.4) is 0 Å². The van der Waals surface area contributed by atoms with Gasteiger partial charge in [0.2, 0.25) is 0 Å². The molecule has 0 amide bonds. The highest BCUT2D eigenvalue weighted by atomic mass is 19.2. The van der Waals surface area contributed by atoms with E-state index in [4.69, 9.17) is 0 Å². The van der Waals surface area contributed by atoms with Crippen molar-refractivity contribution in [3.63, 3.8) is 0 Å². The Morgan fingerprint density at radius 2 is 1.71 bits per heavy atom. The minimum atomic E-state index is -1.68. The smallest absolute Gasteiger partial charge is 0.147 e. The minimum absolute atomic E-state index is 0.328. The van der Waals surface area contributed by atoms with E-state index in [2.05, 4.69) is 19.1 Å². The van der Waals surface area contributed by atoms with Crippen LogP contribution in [0.2, 0.25) is 0 Å². The van der Waals surface area contributed by atoms with Gasteiger partial charge >= 0.3 is 0 Å². The minimum Gasteiger partial charge on any atom is -0.549 e. The predicted molar refractivity (Wildman–Crippen MR) is 119 cm³/mol. The van der Waals surface area contributed by atoms with E-state index >= 15 is 4.39 Å². The van der Waals surface area contributed by atoms with Gasteiger partial charge in [-0.2, -0.15) is 0 Å². The molecule has 1 aliphatic rings. The molecule has 2 aromatic carbocycles. The SMILES string of the molecule is CCCCCc1ccc(-c2ccccc2C2(CCC)C=CC(C(=O)[O-])C(F)=C2F)cc1. The highest BCUT2D eigenvalue weighted by Crippen LogP contribution is 2.48. The topological polar surface area (TPSA) is 40.1 Å². The summed E-state index contributed by atoms with van der Waals surface area (Å²) in [5.74, 6) is -5.62. The van der Waals surface area contributed by atoms with Crippen LogP contribution in [-0.4, -0.2) is 5.97 Å². The highest BCUT2D eigenvalue weighted by molar-refractivity contribution is 5.76. The van der Waals surface area contributed by atoms with Crippen LogP contribution in [0.5, 0.6) is 0 Å². The Hall–Kier alpha value is -2.75. The van der Waals surface area contributed by atoms with Crippen LogP contribution in [0.15, 0.2) is 72.3 Å². The summed E-state index contributed by atoms with van der Waals surface area (Å²) < 4.78 is 30.2. The summed E-state index contributed by atoms with van der Waals surface area (Å²) in [7, 11) is 0. The number of benzene rings is 2. The molecule has 1 aliphatic carbocycles. The summed E-state index contributed by atoms with van der Waals surface area (Å²) in [6.45, 7) is 4.08. The van der Waals surface area contributed by atoms with Gasteiger partial charge in [0.05, 0.1) is 17.3 Å². The van der Waals surface area contributed by atoms with E-state index in [1.807, 2.05) is 31.2 Å². The van der Waals surface area contributed by atoms with Crippen LogP contribution in [-0.2, 0) is 16.6 Å². The number of carbonyl (C=O) groups is 1. The molecule has 0 heterocycles. The Balaban J connectivity index is 2.05. The number of halogens is 2. The van der Waals surface area contributed by atoms with Gasteiger partial charge in [0.25, 0.3) is 0 Å². The maximum Gasteiger partial charge on any atom is 0.147 e. The number of hydrogen-bond donors (Lipinski definition) is 0. The number of unbranched alkanes of at least 4 members (excludes halogenated alkanes) is 2. The first-order valence-corrected chi connectivity index (χ1v) is 11.1. The fourth-order valence-electron chi connectivity index (χ4n) is 4.43. The molecule has 3 rings (SSSR count). The van der Waals surface area contributed by atoms with E-state index in [1.54, 1.807) is 12.1 Å². The third-order valence-electron chi connectivity index (χ3n) is 6.09. The third-order valence-corrected chi connectivity index (χ3v) is 6.09. The molecule has 0 spiro atoms. The molecule has 2 aromatic rings. The molecule has 0 bridgehead atoms. The first kappa shape index (κ1) is 22.9. The largest absolute Gasteiger partial charge is 0.549 e. The van der Waals surface area contributed by atoms with E-state index in [1.165, 1.54) is 30.6 Å². The third kappa shape index (κ3) is 4.63. The standard InChI is InChI=1S/C27H30F2O2/c1-3-5-6-9-19-12-14-20(15-13-19)21-10-7-8-11-23(21)27(17-4-2)18-16-22(26(30)31)24(28)25(27)29/h7-8,10-16,18,22H,3-6,9,17H2,1-2H3,(H,30,31)/p-1. The lowest BCUT2D eigenvalue weighted by Crippen LogP contribution is -2.36. The average Bonchev–Trinajstić information content (AvgIpc) is 2.78. The molecule has 0 radical (unpaired) electrons. The summed E-state index contributed by atoms with van der Waals surface area (Å²) in [6, 6.07) is 15.6. The summed E-state index contributed by atoms with van der Waals surface area (Å²) in [4.78, 5) is 11.2. The van der Waals surface area contributed by atoms with Crippen molar-refractivity contribution in [2.45, 2.75) is 57.8 Å². The van der Waals surface area contributed by atoms with E-state index in [0.717, 1.165) is 24.0 Å². The first-order valence-electron chi connectivity index (χ1n) is 11.1. The lowest BCUT2D eigenvalue weighted by molar-refractivity contribution is -0.308. The van der Waals surface area contributed by atoms with Crippen LogP contribution >= 0.6 is 0 Å². The van der Waals surface area contributed by atoms with Gasteiger partial charge in [-0.15, -0.1) is 0 Å². The Morgan fingerprint density at radius 1 is 1.00 bits per heavy atom. The lowest BCUT2D eigenvalue weighted by Gasteiger charge is -2.36. The molecule has 4 heteroatoms. The predicted octanol–water partition coefficient (Wildman–Crippen LogP) is 6.21. The van der Waals surface area contributed by atoms with Crippen molar-refractivity contribution in [3.8, 4) is 11.1 Å². The number of aryl methyl sites for hydroxylation is 1. The molecule has 2 unspecified atom stereocenters. The van der Waals surface area contributed by atoms with Crippen molar-refractivity contribution in [1.82, 2.24) is 0 Å². The van der Waals surface area contributed by atoms with Gasteiger partial charge in [0, 0.05) is 0 Å². The van der Waals surface area contributed by atoms with Gasteiger partial charge in [-0.3, -0.25) is 0 Å². The van der Waals surface area contributed by atoms with Crippen molar-refractivity contribution in [2.75, 3.05) is 0 Å². The van der Waals surface area contributed by atoms with Crippen LogP contribution in [0.25, 0.3) is 11.1 Å². The Labute approximate surface area is 183 Å². The fourth-order valence-corrected chi connectivity index (χ4v) is 4.43. The van der Waals surface area contributed by atoms with Gasteiger partial charge in [0.15, 0.2) is 0 Å². The zero-order valence-corrected chi connectivity index (χ0v) is 18.2. The summed E-state index contributed by atoms with van der Waals surface area (Å²) in [5, 5.41) is 11.2. The van der Waals surface area contributed by atoms with Crippen molar-refractivity contribution in [1.29, 1.82) is 0 Å². The van der Waals surface area contributed by atoms with Crippen LogP contribution in [0.1, 0.15) is 57.1 Å². The summed E-state index contributed by atoms with van der Waals surface area (Å²) in [5.41, 5.74) is 2.30. The number of aliphatic carboxylic acids is 1. The number of allylic oxidation sites excluding steroid dienone is 2. The molecule has 0 fully saturated rings. The van der Waals surface area contributed by atoms with Crippen molar-refractivity contribution in [2.24, 2.45) is 5.92 Å². The molecule has 31 heavy (non-hydrogen) atoms. The van der Waals surface area contributed by atoms with E-state index in [-0.39, 0.29) is 0 Å². The van der Waals surface area contributed by atoms with Crippen LogP contribution in [0, 0.1) is 5.92 Å². The second-order valence-electron chi connectivity index (χ2n) is 8.24. The fraction of sp³-hybridized carbons (Fsp3) is 0.370. The molecule has 0 saturated carbocycles. The molecule has 164 valence electrons. The van der Waals surface area contributed by atoms with Gasteiger partial charge in [-0.05, 0) is 41.5 Å². The van der Waals surface area contributed by atoms with Crippen molar-refractivity contribution < 1.29 is 18.7 Å². The van der Waals surface area contributed by atoms with E-state index in [9.17, 15) is 14.3 Å². The highest BCUT2D eigenvalue weighted by Gasteiger charge is 2.42. The van der Waals surface area contributed by atoms with Gasteiger partial charge in [-0.25, -0.2) is 8.78 Å². The summed E-state index contributed by atoms with van der Waals surface area (Å²) >= 11 is 0. The number of carboxylic acids is 1. The van der Waals surface area contributed by atoms with Crippen molar-refractivity contribution >= 4 is 5.97 Å². The number of hydrogen-bond acceptors (Lipinski definition) is 2. The summed E-state index contributed by atoms with van der Waals surface area (Å²) in [6.07, 6.45) is 8.19. The lowest BCUT2D eigenvalue weighted by atomic mass is 9.69. The van der Waals surface area contributed by atoms with Crippen molar-refractivity contribution in [3.05, 3.63) is 83.5 Å². The molecule has 2 atom stereocenters. The zero-order chi connectivity index (χ0) is 22.4. The zero-order valence-electron chi connectivity index (χ0n) is 18.2. The molecular weight excluding hydrogens is 394 g/mol. The number of carbonyl (C=O) groups excluding carboxylic acids is 1. The van der Waals surface area contributed by atoms with Crippen LogP contribution < -0.4 is 5.11 Å². The Kier molecular flexibility index (Phi) is 7.42. The molecule has 0 N–H and O–H groups in total. The molecule has 0 aromatic heterocycles. The van der Waals surface area contributed by atoms with Gasteiger partial charge in [-0.1, -0.05) is 93.8 Å². The number of carboxylic acid groups (broad SMARTS) is 1. The average molecular weight is 424 g/mol. The first-order chi connectivity index (χ1) is 14.9. The molecule has 2 nitrogen and oxygen atoms in total. The maximum absolute atomic E-state index is 15.5. The molecule has 0 saturated heterocycles. The Morgan fingerprint density at radius 3 is 2.35 bits per heavy atom. The number of rotatable bonds is 9. The Bertz CT molecular complexity index is 975. The maximum atomic E-state index is 15.5. The molecular formula is C27H29F2O2-. The van der Waals surface area contributed by atoms with E-state index in [0.29, 0.717) is 18.4 Å². The quantitative estimate of drug-likeness (QED) is 0.355. The normalized spacial score (nSPS) is 20.8. The van der Waals surface area contributed by atoms with Crippen LogP contribution in [0.4, 0.5) is 8.78 Å². The second kappa shape index (κ2) is 10.0. The van der Waals surface area contributed by atoms with Gasteiger partial charge in [0.1, 0.15) is 11.7 Å². The monoisotopic (exact) mass is 423 g/mol. The molecule has 0 aliphatic heterocycles. The second-order valence-corrected chi connectivity index (χ2v) is 8.24. The van der Waals surface area contributed by atoms with E-state index < -0.39 is 29.0 Å².